The van der Waals surface area contributed by atoms with Gasteiger partial charge in [-0.2, -0.15) is 18.2 Å². The number of likely N-dealkylation sites (N-methyl/N-ethyl adjacent to an activating group) is 2. The Bertz CT molecular complexity index is 1320. The molecule has 0 bridgehead atoms. The maximum Gasteiger partial charge on any atom is 0.416 e. The van der Waals surface area contributed by atoms with Crippen LogP contribution in [0, 0.1) is 0 Å². The largest absolute Gasteiger partial charge is 0.416 e. The quantitative estimate of drug-likeness (QED) is 0.670. The van der Waals surface area contributed by atoms with Gasteiger partial charge in [-0.25, -0.2) is 18.5 Å². The van der Waals surface area contributed by atoms with E-state index in [1.165, 1.54) is 54.4 Å². The molecule has 1 unspecified atom stereocenters. The smallest absolute Gasteiger partial charge is 0.342 e. The van der Waals surface area contributed by atoms with E-state index >= 15 is 0 Å². The maximum atomic E-state index is 13.6. The second-order valence-corrected chi connectivity index (χ2v) is 9.51. The lowest BCUT2D eigenvalue weighted by molar-refractivity contribution is -0.138. The van der Waals surface area contributed by atoms with Crippen LogP contribution in [0.4, 0.5) is 30.6 Å². The van der Waals surface area contributed by atoms with Gasteiger partial charge in [0, 0.05) is 19.8 Å². The van der Waals surface area contributed by atoms with Crippen LogP contribution in [0.5, 0.6) is 0 Å². The first-order valence-electron chi connectivity index (χ1n) is 10.1. The van der Waals surface area contributed by atoms with Gasteiger partial charge in [0.05, 0.1) is 16.7 Å². The van der Waals surface area contributed by atoms with Crippen LogP contribution in [0.25, 0.3) is 0 Å². The fourth-order valence-electron chi connectivity index (χ4n) is 3.95. The van der Waals surface area contributed by atoms with Crippen LogP contribution < -0.4 is 20.3 Å². The van der Waals surface area contributed by atoms with E-state index in [4.69, 9.17) is 5.14 Å². The van der Waals surface area contributed by atoms with E-state index < -0.39 is 33.7 Å². The Morgan fingerprint density at radius 1 is 1.15 bits per heavy atom. The zero-order chi connectivity index (χ0) is 24.8. The van der Waals surface area contributed by atoms with E-state index in [2.05, 4.69) is 15.3 Å². The molecule has 0 spiro atoms. The highest BCUT2D eigenvalue weighted by atomic mass is 32.2. The molecule has 4 rings (SSSR count). The third-order valence-electron chi connectivity index (χ3n) is 5.71. The summed E-state index contributed by atoms with van der Waals surface area (Å²) in [5.41, 5.74) is -0.0972. The molecule has 0 saturated heterocycles. The van der Waals surface area contributed by atoms with E-state index in [0.717, 1.165) is 6.07 Å². The van der Waals surface area contributed by atoms with E-state index in [1.54, 1.807) is 6.08 Å². The van der Waals surface area contributed by atoms with Crippen molar-refractivity contribution < 1.29 is 26.4 Å². The standard InChI is InChI=1S/C21H21F3N6O3S/c1-29-16-11-26-20(27-12-7-9-13(10-8-12)34(25,32)33)28-18(16)30(2)17(19(29)31)14-5-3-4-6-15(14)21(22,23)24/h3-7,9,11,17H,8,10H2,1-2H3,(H2,25,32,33)(H,26,27,28). The molecule has 1 atom stereocenters. The molecule has 2 aliphatic rings. The van der Waals surface area contributed by atoms with Gasteiger partial charge in [0.1, 0.15) is 11.7 Å². The van der Waals surface area contributed by atoms with Gasteiger partial charge in [0.15, 0.2) is 5.82 Å². The summed E-state index contributed by atoms with van der Waals surface area (Å²) >= 11 is 0. The van der Waals surface area contributed by atoms with Crippen molar-refractivity contribution in [1.29, 1.82) is 0 Å². The molecule has 2 heterocycles. The molecule has 1 amide bonds. The van der Waals surface area contributed by atoms with Gasteiger partial charge in [-0.05, 0) is 36.6 Å². The topological polar surface area (TPSA) is 122 Å². The van der Waals surface area contributed by atoms with Crippen molar-refractivity contribution in [2.75, 3.05) is 29.2 Å². The molecule has 34 heavy (non-hydrogen) atoms. The highest BCUT2D eigenvalue weighted by molar-refractivity contribution is 7.93. The van der Waals surface area contributed by atoms with Crippen LogP contribution in [0.1, 0.15) is 30.0 Å². The molecule has 0 saturated carbocycles. The van der Waals surface area contributed by atoms with Crippen molar-refractivity contribution >= 4 is 33.4 Å². The highest BCUT2D eigenvalue weighted by Gasteiger charge is 2.42. The number of anilines is 3. The number of nitrogens with two attached hydrogens (primary N) is 1. The Labute approximate surface area is 193 Å². The molecule has 2 aromatic rings. The lowest BCUT2D eigenvalue weighted by atomic mass is 9.96. The van der Waals surface area contributed by atoms with Crippen LogP contribution in [0.2, 0.25) is 0 Å². The minimum atomic E-state index is -4.63. The highest BCUT2D eigenvalue weighted by Crippen LogP contribution is 2.43. The molecule has 180 valence electrons. The molecular weight excluding hydrogens is 473 g/mol. The SMILES string of the molecule is CN1C(=O)C(c2ccccc2C(F)(F)F)N(C)c2nc(NC3=CC=C(S(N)(=O)=O)CC3)ncc21. The van der Waals surface area contributed by atoms with Crippen LogP contribution in [-0.2, 0) is 21.0 Å². The second kappa shape index (κ2) is 8.40. The molecule has 1 aliphatic carbocycles. The zero-order valence-corrected chi connectivity index (χ0v) is 19.0. The number of aromatic nitrogens is 2. The van der Waals surface area contributed by atoms with E-state index in [9.17, 15) is 26.4 Å². The zero-order valence-electron chi connectivity index (χ0n) is 18.2. The Hall–Kier alpha value is -3.45. The van der Waals surface area contributed by atoms with Crippen molar-refractivity contribution in [3.63, 3.8) is 0 Å². The number of hydrogen-bond donors (Lipinski definition) is 2. The monoisotopic (exact) mass is 494 g/mol. The van der Waals surface area contributed by atoms with Gasteiger partial charge in [-0.1, -0.05) is 18.2 Å². The fourth-order valence-corrected chi connectivity index (χ4v) is 4.60. The van der Waals surface area contributed by atoms with Crippen LogP contribution in [-0.4, -0.2) is 38.4 Å². The molecule has 3 N–H and O–H groups in total. The first-order chi connectivity index (χ1) is 15.9. The van der Waals surface area contributed by atoms with E-state index in [1.807, 2.05) is 0 Å². The Kier molecular flexibility index (Phi) is 5.85. The molecular formula is C21H21F3N6O3S. The number of nitrogens with zero attached hydrogens (tertiary/aromatic N) is 4. The number of alkyl halides is 3. The first kappa shape index (κ1) is 23.7. The molecule has 0 fully saturated rings. The van der Waals surface area contributed by atoms with E-state index in [-0.39, 0.29) is 28.7 Å². The van der Waals surface area contributed by atoms with Crippen molar-refractivity contribution in [3.05, 3.63) is 64.3 Å². The Morgan fingerprint density at radius 2 is 1.85 bits per heavy atom. The first-order valence-corrected chi connectivity index (χ1v) is 11.7. The van der Waals surface area contributed by atoms with Gasteiger partial charge < -0.3 is 15.1 Å². The van der Waals surface area contributed by atoms with Gasteiger partial charge in [0.25, 0.3) is 5.91 Å². The summed E-state index contributed by atoms with van der Waals surface area (Å²) in [5, 5.41) is 8.13. The van der Waals surface area contributed by atoms with Crippen molar-refractivity contribution in [2.45, 2.75) is 25.1 Å². The summed E-state index contributed by atoms with van der Waals surface area (Å²) in [6.45, 7) is 0. The predicted molar refractivity (Wildman–Crippen MR) is 120 cm³/mol. The number of rotatable bonds is 4. The number of carbonyl (C=O) groups is 1. The summed E-state index contributed by atoms with van der Waals surface area (Å²) in [5.74, 6) is -0.139. The Balaban J connectivity index is 1.69. The predicted octanol–water partition coefficient (Wildman–Crippen LogP) is 2.91. The van der Waals surface area contributed by atoms with Crippen molar-refractivity contribution in [1.82, 2.24) is 9.97 Å². The van der Waals surface area contributed by atoms with Crippen LogP contribution >= 0.6 is 0 Å². The molecule has 9 nitrogen and oxygen atoms in total. The second-order valence-electron chi connectivity index (χ2n) is 7.89. The number of sulfonamides is 1. The average molecular weight is 494 g/mol. The van der Waals surface area contributed by atoms with Crippen molar-refractivity contribution in [2.24, 2.45) is 5.14 Å². The Morgan fingerprint density at radius 3 is 2.47 bits per heavy atom. The number of primary sulfonamides is 1. The number of nitrogens with one attached hydrogen (secondary N) is 1. The molecule has 13 heteroatoms. The normalized spacial score (nSPS) is 18.9. The molecule has 0 radical (unpaired) electrons. The number of carbonyl (C=O) groups excluding carboxylic acids is 1. The van der Waals surface area contributed by atoms with E-state index in [0.29, 0.717) is 17.8 Å². The number of halogens is 3. The number of amides is 1. The fraction of sp³-hybridized carbons (Fsp3) is 0.286. The number of allylic oxidation sites excluding steroid dienone is 4. The van der Waals surface area contributed by atoms with Crippen molar-refractivity contribution in [3.8, 4) is 0 Å². The van der Waals surface area contributed by atoms with Gasteiger partial charge in [0.2, 0.25) is 16.0 Å². The number of benzene rings is 1. The lowest BCUT2D eigenvalue weighted by Crippen LogP contribution is -2.46. The summed E-state index contributed by atoms with van der Waals surface area (Å²) in [7, 11) is -0.811. The minimum Gasteiger partial charge on any atom is -0.342 e. The van der Waals surface area contributed by atoms with Gasteiger partial charge >= 0.3 is 6.18 Å². The molecule has 1 aromatic heterocycles. The summed E-state index contributed by atoms with van der Waals surface area (Å²) in [6.07, 6.45) is 0.260. The average Bonchev–Trinajstić information content (AvgIpc) is 2.77. The van der Waals surface area contributed by atoms with Crippen LogP contribution in [0.15, 0.2) is 53.2 Å². The number of hydrogen-bond acceptors (Lipinski definition) is 7. The van der Waals surface area contributed by atoms with Gasteiger partial charge in [-0.15, -0.1) is 0 Å². The van der Waals surface area contributed by atoms with Gasteiger partial charge in [-0.3, -0.25) is 4.79 Å². The minimum absolute atomic E-state index is 0.107. The summed E-state index contributed by atoms with van der Waals surface area (Å²) in [4.78, 5) is 24.4. The maximum absolute atomic E-state index is 13.6. The lowest BCUT2D eigenvalue weighted by Gasteiger charge is -2.39. The van der Waals surface area contributed by atoms with Crippen LogP contribution in [0.3, 0.4) is 0 Å². The molecule has 1 aliphatic heterocycles. The third kappa shape index (κ3) is 4.35. The third-order valence-corrected chi connectivity index (χ3v) is 6.78. The summed E-state index contributed by atoms with van der Waals surface area (Å²) < 4.78 is 63.9. The summed E-state index contributed by atoms with van der Waals surface area (Å²) in [6, 6.07) is 3.70. The molecule has 1 aromatic carbocycles. The number of fused-ring (bicyclic) bond motifs is 1.